The predicted octanol–water partition coefficient (Wildman–Crippen LogP) is 3.59. The van der Waals surface area contributed by atoms with Gasteiger partial charge in [-0.1, -0.05) is 25.3 Å². The van der Waals surface area contributed by atoms with Gasteiger partial charge >= 0.3 is 0 Å². The van der Waals surface area contributed by atoms with Crippen LogP contribution in [0.1, 0.15) is 43.2 Å². The van der Waals surface area contributed by atoms with Gasteiger partial charge in [-0.15, -0.1) is 0 Å². The van der Waals surface area contributed by atoms with E-state index in [9.17, 15) is 0 Å². The summed E-state index contributed by atoms with van der Waals surface area (Å²) in [5.41, 5.74) is 8.80. The molecule has 1 aliphatic carbocycles. The molecule has 2 N–H and O–H groups in total. The standard InChI is InChI=1S/C16H25NO/c1-13-6-7-15(10-14(13)2)18-12-16(11-17)8-4-3-5-9-16/h6-7,10H,3-5,8-9,11-12,17H2,1-2H3. The number of hydrogen-bond donors (Lipinski definition) is 1. The van der Waals surface area contributed by atoms with Crippen molar-refractivity contribution in [3.8, 4) is 5.75 Å². The normalized spacial score (nSPS) is 18.6. The number of hydrogen-bond acceptors (Lipinski definition) is 2. The van der Waals surface area contributed by atoms with Crippen molar-refractivity contribution in [3.05, 3.63) is 29.3 Å². The molecule has 0 unspecified atom stereocenters. The van der Waals surface area contributed by atoms with E-state index in [-0.39, 0.29) is 5.41 Å². The summed E-state index contributed by atoms with van der Waals surface area (Å²) in [6, 6.07) is 6.32. The van der Waals surface area contributed by atoms with Crippen LogP contribution >= 0.6 is 0 Å². The molecular weight excluding hydrogens is 222 g/mol. The number of nitrogens with two attached hydrogens (primary N) is 1. The molecule has 2 nitrogen and oxygen atoms in total. The summed E-state index contributed by atoms with van der Waals surface area (Å²) in [4.78, 5) is 0. The first-order chi connectivity index (χ1) is 8.65. The summed E-state index contributed by atoms with van der Waals surface area (Å²) in [7, 11) is 0. The maximum Gasteiger partial charge on any atom is 0.119 e. The van der Waals surface area contributed by atoms with Crippen molar-refractivity contribution in [1.29, 1.82) is 0 Å². The summed E-state index contributed by atoms with van der Waals surface area (Å²) in [5, 5.41) is 0. The molecule has 1 aromatic rings. The van der Waals surface area contributed by atoms with E-state index in [0.29, 0.717) is 0 Å². The van der Waals surface area contributed by atoms with Gasteiger partial charge in [-0.3, -0.25) is 0 Å². The molecule has 1 aliphatic rings. The molecule has 0 saturated heterocycles. The van der Waals surface area contributed by atoms with Gasteiger partial charge in [-0.25, -0.2) is 0 Å². The van der Waals surface area contributed by atoms with Gasteiger partial charge in [0.1, 0.15) is 5.75 Å². The van der Waals surface area contributed by atoms with Crippen molar-refractivity contribution in [2.45, 2.75) is 46.0 Å². The minimum Gasteiger partial charge on any atom is -0.493 e. The summed E-state index contributed by atoms with van der Waals surface area (Å²) in [5.74, 6) is 0.983. The van der Waals surface area contributed by atoms with Crippen LogP contribution in [0.5, 0.6) is 5.75 Å². The molecule has 18 heavy (non-hydrogen) atoms. The smallest absolute Gasteiger partial charge is 0.119 e. The van der Waals surface area contributed by atoms with Crippen molar-refractivity contribution in [3.63, 3.8) is 0 Å². The summed E-state index contributed by atoms with van der Waals surface area (Å²) in [6.45, 7) is 5.77. The zero-order valence-electron chi connectivity index (χ0n) is 11.7. The predicted molar refractivity (Wildman–Crippen MR) is 76.0 cm³/mol. The van der Waals surface area contributed by atoms with Gasteiger partial charge in [0.25, 0.3) is 0 Å². The van der Waals surface area contributed by atoms with Crippen LogP contribution in [-0.2, 0) is 0 Å². The van der Waals surface area contributed by atoms with E-state index < -0.39 is 0 Å². The van der Waals surface area contributed by atoms with Crippen molar-refractivity contribution >= 4 is 0 Å². The Balaban J connectivity index is 1.98. The average Bonchev–Trinajstić information content (AvgIpc) is 2.41. The number of ether oxygens (including phenoxy) is 1. The average molecular weight is 247 g/mol. The molecular formula is C16H25NO. The van der Waals surface area contributed by atoms with Gasteiger partial charge in [0, 0.05) is 12.0 Å². The molecule has 0 atom stereocenters. The van der Waals surface area contributed by atoms with Crippen LogP contribution in [0, 0.1) is 19.3 Å². The molecule has 0 bridgehead atoms. The second-order valence-electron chi connectivity index (χ2n) is 5.80. The summed E-state index contributed by atoms with van der Waals surface area (Å²) in [6.07, 6.45) is 6.38. The van der Waals surface area contributed by atoms with Gasteiger partial charge in [0.2, 0.25) is 0 Å². The zero-order valence-corrected chi connectivity index (χ0v) is 11.7. The molecule has 0 amide bonds. The third-order valence-electron chi connectivity index (χ3n) is 4.37. The topological polar surface area (TPSA) is 35.2 Å². The van der Waals surface area contributed by atoms with Crippen molar-refractivity contribution in [1.82, 2.24) is 0 Å². The molecule has 0 aliphatic heterocycles. The quantitative estimate of drug-likeness (QED) is 0.882. The molecule has 100 valence electrons. The highest BCUT2D eigenvalue weighted by molar-refractivity contribution is 5.33. The van der Waals surface area contributed by atoms with E-state index in [1.165, 1.54) is 43.2 Å². The van der Waals surface area contributed by atoms with Crippen LogP contribution < -0.4 is 10.5 Å². The van der Waals surface area contributed by atoms with E-state index in [2.05, 4.69) is 32.0 Å². The fraction of sp³-hybridized carbons (Fsp3) is 0.625. The largest absolute Gasteiger partial charge is 0.493 e. The second-order valence-corrected chi connectivity index (χ2v) is 5.80. The van der Waals surface area contributed by atoms with Gasteiger partial charge in [0.05, 0.1) is 6.61 Å². The first kappa shape index (κ1) is 13.4. The maximum atomic E-state index is 6.00. The third kappa shape index (κ3) is 3.05. The summed E-state index contributed by atoms with van der Waals surface area (Å²) < 4.78 is 6.00. The highest BCUT2D eigenvalue weighted by atomic mass is 16.5. The van der Waals surface area contributed by atoms with E-state index in [1.807, 2.05) is 0 Å². The second kappa shape index (κ2) is 5.75. The molecule has 0 heterocycles. The fourth-order valence-corrected chi connectivity index (χ4v) is 2.75. The minimum atomic E-state index is 0.219. The Morgan fingerprint density at radius 2 is 1.83 bits per heavy atom. The Kier molecular flexibility index (Phi) is 4.28. The highest BCUT2D eigenvalue weighted by Gasteiger charge is 2.31. The van der Waals surface area contributed by atoms with Crippen LogP contribution in [-0.4, -0.2) is 13.2 Å². The number of rotatable bonds is 4. The van der Waals surface area contributed by atoms with Gasteiger partial charge in [-0.05, 0) is 49.9 Å². The number of benzene rings is 1. The highest BCUT2D eigenvalue weighted by Crippen LogP contribution is 2.36. The zero-order chi connectivity index (χ0) is 13.0. The Bertz CT molecular complexity index is 394. The van der Waals surface area contributed by atoms with Crippen LogP contribution in [0.4, 0.5) is 0 Å². The SMILES string of the molecule is Cc1ccc(OCC2(CN)CCCCC2)cc1C. The lowest BCUT2D eigenvalue weighted by molar-refractivity contribution is 0.105. The van der Waals surface area contributed by atoms with Crippen LogP contribution in [0.2, 0.25) is 0 Å². The Morgan fingerprint density at radius 3 is 2.44 bits per heavy atom. The van der Waals surface area contributed by atoms with Crippen molar-refractivity contribution in [2.24, 2.45) is 11.1 Å². The molecule has 0 spiro atoms. The van der Waals surface area contributed by atoms with E-state index in [0.717, 1.165) is 18.9 Å². The van der Waals surface area contributed by atoms with Gasteiger partial charge in [-0.2, -0.15) is 0 Å². The number of aryl methyl sites for hydroxylation is 2. The van der Waals surface area contributed by atoms with E-state index in [4.69, 9.17) is 10.5 Å². The monoisotopic (exact) mass is 247 g/mol. The summed E-state index contributed by atoms with van der Waals surface area (Å²) >= 11 is 0. The molecule has 1 saturated carbocycles. The van der Waals surface area contributed by atoms with Gasteiger partial charge < -0.3 is 10.5 Å². The Morgan fingerprint density at radius 1 is 1.11 bits per heavy atom. The van der Waals surface area contributed by atoms with Crippen LogP contribution in [0.15, 0.2) is 18.2 Å². The molecule has 1 aromatic carbocycles. The molecule has 2 heteroatoms. The Hall–Kier alpha value is -1.02. The fourth-order valence-electron chi connectivity index (χ4n) is 2.75. The lowest BCUT2D eigenvalue weighted by Gasteiger charge is -2.35. The lowest BCUT2D eigenvalue weighted by atomic mass is 9.75. The Labute approximate surface area is 111 Å². The lowest BCUT2D eigenvalue weighted by Crippen LogP contribution is -2.38. The molecule has 1 fully saturated rings. The molecule has 2 rings (SSSR count). The van der Waals surface area contributed by atoms with E-state index in [1.54, 1.807) is 0 Å². The molecule has 0 aromatic heterocycles. The van der Waals surface area contributed by atoms with Gasteiger partial charge in [0.15, 0.2) is 0 Å². The third-order valence-corrected chi connectivity index (χ3v) is 4.37. The molecule has 0 radical (unpaired) electrons. The maximum absolute atomic E-state index is 6.00. The van der Waals surface area contributed by atoms with Crippen molar-refractivity contribution < 1.29 is 4.74 Å². The van der Waals surface area contributed by atoms with Crippen molar-refractivity contribution in [2.75, 3.05) is 13.2 Å². The first-order valence-electron chi connectivity index (χ1n) is 7.05. The van der Waals surface area contributed by atoms with Crippen LogP contribution in [0.3, 0.4) is 0 Å². The minimum absolute atomic E-state index is 0.219. The van der Waals surface area contributed by atoms with E-state index >= 15 is 0 Å². The van der Waals surface area contributed by atoms with Crippen LogP contribution in [0.25, 0.3) is 0 Å². The first-order valence-corrected chi connectivity index (χ1v) is 7.05.